The van der Waals surface area contributed by atoms with E-state index in [0.717, 1.165) is 10.4 Å². The van der Waals surface area contributed by atoms with Crippen molar-refractivity contribution in [3.05, 3.63) is 50.7 Å². The Balaban J connectivity index is 2.21. The lowest BCUT2D eigenvalue weighted by Gasteiger charge is -2.12. The maximum atomic E-state index is 12.0. The quantitative estimate of drug-likeness (QED) is 0.615. The van der Waals surface area contributed by atoms with Crippen LogP contribution in [0.2, 0.25) is 5.02 Å². The van der Waals surface area contributed by atoms with Gasteiger partial charge in [0.1, 0.15) is 4.99 Å². The van der Waals surface area contributed by atoms with Crippen molar-refractivity contribution >= 4 is 51.8 Å². The van der Waals surface area contributed by atoms with E-state index < -0.39 is 5.97 Å². The molecule has 0 saturated carbocycles. The van der Waals surface area contributed by atoms with E-state index in [1.807, 2.05) is 18.4 Å². The molecule has 22 heavy (non-hydrogen) atoms. The molecule has 0 radical (unpaired) electrons. The number of thiophene rings is 1. The average molecular weight is 354 g/mol. The highest BCUT2D eigenvalue weighted by Gasteiger charge is 2.15. The summed E-state index contributed by atoms with van der Waals surface area (Å²) in [7, 11) is 0. The number of thiocarbonyl (C=S) groups is 1. The summed E-state index contributed by atoms with van der Waals surface area (Å²) in [5.74, 6) is -0.443. The highest BCUT2D eigenvalue weighted by Crippen LogP contribution is 2.23. The van der Waals surface area contributed by atoms with Crippen LogP contribution in [0.15, 0.2) is 29.6 Å². The Morgan fingerprint density at radius 3 is 2.64 bits per heavy atom. The summed E-state index contributed by atoms with van der Waals surface area (Å²) in [5, 5.41) is 5.48. The Labute approximate surface area is 144 Å². The van der Waals surface area contributed by atoms with Crippen LogP contribution < -0.4 is 5.32 Å². The largest absolute Gasteiger partial charge is 0.459 e. The number of nitrogens with one attached hydrogen (secondary N) is 1. The molecular formula is C16H16ClNO2S2. The molecule has 0 saturated heterocycles. The number of hydrogen-bond acceptors (Lipinski definition) is 4. The maximum absolute atomic E-state index is 12.0. The first kappa shape index (κ1) is 16.9. The van der Waals surface area contributed by atoms with Crippen LogP contribution in [0.4, 0.5) is 5.69 Å². The van der Waals surface area contributed by atoms with Crippen LogP contribution in [0.1, 0.15) is 34.6 Å². The van der Waals surface area contributed by atoms with E-state index in [4.69, 9.17) is 28.6 Å². The summed E-state index contributed by atoms with van der Waals surface area (Å²) in [6, 6.07) is 7.06. The molecule has 1 N–H and O–H groups in total. The fraction of sp³-hybridized carbons (Fsp3) is 0.250. The molecule has 2 aromatic rings. The number of benzene rings is 1. The number of halogens is 1. The predicted octanol–water partition coefficient (Wildman–Crippen LogP) is 5.06. The van der Waals surface area contributed by atoms with Crippen molar-refractivity contribution in [2.45, 2.75) is 26.9 Å². The van der Waals surface area contributed by atoms with Gasteiger partial charge in [-0.05, 0) is 50.4 Å². The first-order valence-electron chi connectivity index (χ1n) is 6.74. The lowest BCUT2D eigenvalue weighted by atomic mass is 10.2. The number of esters is 1. The first-order chi connectivity index (χ1) is 10.4. The molecule has 0 spiro atoms. The third-order valence-corrected chi connectivity index (χ3v) is 4.39. The molecule has 0 atom stereocenters. The van der Waals surface area contributed by atoms with Crippen LogP contribution in [0, 0.1) is 6.92 Å². The second-order valence-electron chi connectivity index (χ2n) is 4.99. The smallest absolute Gasteiger partial charge is 0.339 e. The van der Waals surface area contributed by atoms with E-state index in [1.165, 1.54) is 0 Å². The third kappa shape index (κ3) is 4.06. The molecule has 0 bridgehead atoms. The van der Waals surface area contributed by atoms with Gasteiger partial charge in [-0.1, -0.05) is 23.8 Å². The number of aryl methyl sites for hydroxylation is 1. The van der Waals surface area contributed by atoms with Gasteiger partial charge in [0, 0.05) is 16.1 Å². The number of ether oxygens (including phenoxy) is 1. The van der Waals surface area contributed by atoms with E-state index in [0.29, 0.717) is 21.3 Å². The van der Waals surface area contributed by atoms with Crippen molar-refractivity contribution in [3.63, 3.8) is 0 Å². The molecule has 116 valence electrons. The molecule has 0 fully saturated rings. The van der Waals surface area contributed by atoms with Gasteiger partial charge in [-0.25, -0.2) is 4.79 Å². The molecule has 0 aliphatic carbocycles. The van der Waals surface area contributed by atoms with Crippen LogP contribution in [-0.4, -0.2) is 17.1 Å². The Morgan fingerprint density at radius 2 is 2.05 bits per heavy atom. The first-order valence-corrected chi connectivity index (χ1v) is 8.41. The van der Waals surface area contributed by atoms with Gasteiger partial charge in [0.2, 0.25) is 0 Å². The second-order valence-corrected chi connectivity index (χ2v) is 6.93. The van der Waals surface area contributed by atoms with E-state index in [2.05, 4.69) is 5.32 Å². The number of carbonyl (C=O) groups excluding carboxylic acids is 1. The zero-order chi connectivity index (χ0) is 16.3. The van der Waals surface area contributed by atoms with Crippen LogP contribution in [0.5, 0.6) is 0 Å². The monoisotopic (exact) mass is 353 g/mol. The molecule has 0 aliphatic rings. The summed E-state index contributed by atoms with van der Waals surface area (Å²) in [6.07, 6.45) is -0.199. The van der Waals surface area contributed by atoms with Crippen LogP contribution in [0.3, 0.4) is 0 Å². The second kappa shape index (κ2) is 7.22. The lowest BCUT2D eigenvalue weighted by Crippen LogP contribution is -2.14. The van der Waals surface area contributed by atoms with Crippen molar-refractivity contribution in [2.24, 2.45) is 0 Å². The molecule has 6 heteroatoms. The standard InChI is InChI=1S/C16H16ClNO2S2/c1-9(2)20-16(19)13-8-11(4-5-14(13)17)18-15(21)12-6-7-22-10(12)3/h4-9H,1-3H3,(H,18,21). The molecule has 1 heterocycles. The highest BCUT2D eigenvalue weighted by atomic mass is 35.5. The summed E-state index contributed by atoms with van der Waals surface area (Å²) in [5.41, 5.74) is 2.02. The molecule has 0 amide bonds. The van der Waals surface area contributed by atoms with Gasteiger partial charge in [-0.2, -0.15) is 0 Å². The predicted molar refractivity (Wildman–Crippen MR) is 96.4 cm³/mol. The zero-order valence-corrected chi connectivity index (χ0v) is 14.9. The van der Waals surface area contributed by atoms with Gasteiger partial charge in [-0.15, -0.1) is 11.3 Å². The van der Waals surface area contributed by atoms with E-state index in [1.54, 1.807) is 43.4 Å². The lowest BCUT2D eigenvalue weighted by molar-refractivity contribution is 0.0378. The molecule has 0 unspecified atom stereocenters. The van der Waals surface area contributed by atoms with E-state index >= 15 is 0 Å². The molecule has 1 aromatic carbocycles. The minimum Gasteiger partial charge on any atom is -0.459 e. The fourth-order valence-electron chi connectivity index (χ4n) is 1.86. The van der Waals surface area contributed by atoms with Crippen molar-refractivity contribution in [1.29, 1.82) is 0 Å². The fourth-order valence-corrected chi connectivity index (χ4v) is 3.16. The van der Waals surface area contributed by atoms with Gasteiger partial charge in [-0.3, -0.25) is 0 Å². The Kier molecular flexibility index (Phi) is 5.56. The topological polar surface area (TPSA) is 38.3 Å². The van der Waals surface area contributed by atoms with Gasteiger partial charge < -0.3 is 10.1 Å². The number of rotatable bonds is 4. The Hall–Kier alpha value is -1.43. The Bertz CT molecular complexity index is 710. The van der Waals surface area contributed by atoms with Gasteiger partial charge in [0.25, 0.3) is 0 Å². The third-order valence-electron chi connectivity index (χ3n) is 2.89. The number of carbonyl (C=O) groups is 1. The van der Waals surface area contributed by atoms with E-state index in [9.17, 15) is 4.79 Å². The van der Waals surface area contributed by atoms with Crippen LogP contribution in [-0.2, 0) is 4.74 Å². The normalized spacial score (nSPS) is 10.6. The summed E-state index contributed by atoms with van der Waals surface area (Å²) < 4.78 is 5.19. The minimum atomic E-state index is -0.443. The van der Waals surface area contributed by atoms with Crippen molar-refractivity contribution < 1.29 is 9.53 Å². The minimum absolute atomic E-state index is 0.199. The van der Waals surface area contributed by atoms with Crippen molar-refractivity contribution in [2.75, 3.05) is 5.32 Å². The SMILES string of the molecule is Cc1sccc1C(=S)Nc1ccc(Cl)c(C(=O)OC(C)C)c1. The number of hydrogen-bond donors (Lipinski definition) is 1. The van der Waals surface area contributed by atoms with Gasteiger partial charge >= 0.3 is 5.97 Å². The average Bonchev–Trinajstić information content (AvgIpc) is 2.86. The highest BCUT2D eigenvalue weighted by molar-refractivity contribution is 7.81. The molecule has 1 aromatic heterocycles. The molecule has 0 aliphatic heterocycles. The molecular weight excluding hydrogens is 338 g/mol. The van der Waals surface area contributed by atoms with Crippen LogP contribution >= 0.6 is 35.2 Å². The maximum Gasteiger partial charge on any atom is 0.339 e. The van der Waals surface area contributed by atoms with Gasteiger partial charge in [0.05, 0.1) is 16.7 Å². The van der Waals surface area contributed by atoms with Crippen LogP contribution in [0.25, 0.3) is 0 Å². The van der Waals surface area contributed by atoms with Crippen molar-refractivity contribution in [1.82, 2.24) is 0 Å². The molecule has 2 rings (SSSR count). The summed E-state index contributed by atoms with van der Waals surface area (Å²) in [4.78, 5) is 13.8. The van der Waals surface area contributed by atoms with Crippen molar-refractivity contribution in [3.8, 4) is 0 Å². The van der Waals surface area contributed by atoms with Gasteiger partial charge in [0.15, 0.2) is 0 Å². The Morgan fingerprint density at radius 1 is 1.32 bits per heavy atom. The summed E-state index contributed by atoms with van der Waals surface area (Å²) >= 11 is 13.1. The molecule has 3 nitrogen and oxygen atoms in total. The summed E-state index contributed by atoms with van der Waals surface area (Å²) in [6.45, 7) is 5.60. The van der Waals surface area contributed by atoms with E-state index in [-0.39, 0.29) is 6.10 Å². The number of anilines is 1. The zero-order valence-electron chi connectivity index (χ0n) is 12.5.